The van der Waals surface area contributed by atoms with Crippen molar-refractivity contribution in [1.29, 1.82) is 0 Å². The standard InChI is InChI=1S/C8H12N2O2/c1-12-8-3-2-6(5-10-8)7(11)4-9/h2-3,5,7,11H,4,9H2,1H3/t7-/m1/s1. The SMILES string of the molecule is COc1ccc([C@H](O)CN)cn1. The summed E-state index contributed by atoms with van der Waals surface area (Å²) < 4.78 is 4.86. The summed E-state index contributed by atoms with van der Waals surface area (Å²) in [6, 6.07) is 3.43. The molecule has 0 bridgehead atoms. The Bertz CT molecular complexity index is 235. The second-order valence-electron chi connectivity index (χ2n) is 2.39. The molecule has 1 heterocycles. The first-order valence-electron chi connectivity index (χ1n) is 3.66. The normalized spacial score (nSPS) is 12.6. The number of methoxy groups -OCH3 is 1. The molecule has 0 saturated heterocycles. The van der Waals surface area contributed by atoms with E-state index in [9.17, 15) is 5.11 Å². The summed E-state index contributed by atoms with van der Waals surface area (Å²) in [6.45, 7) is 0.202. The number of hydrogen-bond donors (Lipinski definition) is 2. The third kappa shape index (κ3) is 1.93. The van der Waals surface area contributed by atoms with Crippen LogP contribution in [-0.4, -0.2) is 23.7 Å². The highest BCUT2D eigenvalue weighted by Gasteiger charge is 2.04. The summed E-state index contributed by atoms with van der Waals surface area (Å²) in [5.41, 5.74) is 5.97. The van der Waals surface area contributed by atoms with Gasteiger partial charge in [0.05, 0.1) is 13.2 Å². The summed E-state index contributed by atoms with van der Waals surface area (Å²) in [6.07, 6.45) is 0.916. The Kier molecular flexibility index (Phi) is 3.01. The van der Waals surface area contributed by atoms with E-state index >= 15 is 0 Å². The minimum atomic E-state index is -0.636. The topological polar surface area (TPSA) is 68.4 Å². The van der Waals surface area contributed by atoms with E-state index in [0.717, 1.165) is 0 Å². The molecule has 0 aliphatic heterocycles. The average Bonchev–Trinajstić information content (AvgIpc) is 2.17. The van der Waals surface area contributed by atoms with Crippen LogP contribution in [0.15, 0.2) is 18.3 Å². The maximum atomic E-state index is 9.29. The van der Waals surface area contributed by atoms with Crippen molar-refractivity contribution in [2.75, 3.05) is 13.7 Å². The van der Waals surface area contributed by atoms with E-state index in [1.807, 2.05) is 0 Å². The van der Waals surface area contributed by atoms with Gasteiger partial charge in [0.1, 0.15) is 0 Å². The number of ether oxygens (including phenoxy) is 1. The van der Waals surface area contributed by atoms with Crippen molar-refractivity contribution >= 4 is 0 Å². The van der Waals surface area contributed by atoms with E-state index in [-0.39, 0.29) is 6.54 Å². The number of rotatable bonds is 3. The van der Waals surface area contributed by atoms with E-state index in [4.69, 9.17) is 10.5 Å². The largest absolute Gasteiger partial charge is 0.481 e. The molecule has 1 rings (SSSR count). The minimum absolute atomic E-state index is 0.202. The fourth-order valence-corrected chi connectivity index (χ4v) is 0.846. The van der Waals surface area contributed by atoms with Crippen LogP contribution in [0.2, 0.25) is 0 Å². The molecule has 1 aromatic rings. The van der Waals surface area contributed by atoms with E-state index in [1.165, 1.54) is 0 Å². The monoisotopic (exact) mass is 168 g/mol. The molecule has 0 fully saturated rings. The van der Waals surface area contributed by atoms with Gasteiger partial charge in [-0.05, 0) is 6.07 Å². The molecule has 0 saturated carbocycles. The van der Waals surface area contributed by atoms with E-state index in [1.54, 1.807) is 25.4 Å². The molecule has 1 atom stereocenters. The Balaban J connectivity index is 2.77. The molecule has 3 N–H and O–H groups in total. The zero-order valence-electron chi connectivity index (χ0n) is 6.90. The van der Waals surface area contributed by atoms with Crippen LogP contribution >= 0.6 is 0 Å². The molecule has 0 spiro atoms. The van der Waals surface area contributed by atoms with E-state index in [0.29, 0.717) is 11.4 Å². The first kappa shape index (κ1) is 8.96. The molecule has 0 amide bonds. The molecule has 66 valence electrons. The lowest BCUT2D eigenvalue weighted by molar-refractivity contribution is 0.186. The molecule has 1 aromatic heterocycles. The smallest absolute Gasteiger partial charge is 0.212 e. The number of aliphatic hydroxyl groups excluding tert-OH is 1. The van der Waals surface area contributed by atoms with Gasteiger partial charge in [0, 0.05) is 24.4 Å². The highest BCUT2D eigenvalue weighted by Crippen LogP contribution is 2.12. The lowest BCUT2D eigenvalue weighted by Crippen LogP contribution is -2.11. The molecule has 0 aromatic carbocycles. The van der Waals surface area contributed by atoms with Crippen LogP contribution in [0.4, 0.5) is 0 Å². The zero-order valence-corrected chi connectivity index (χ0v) is 6.90. The predicted molar refractivity (Wildman–Crippen MR) is 44.8 cm³/mol. The van der Waals surface area contributed by atoms with Crippen LogP contribution in [0.5, 0.6) is 5.88 Å². The summed E-state index contributed by atoms with van der Waals surface area (Å²) in [7, 11) is 1.54. The quantitative estimate of drug-likeness (QED) is 0.670. The van der Waals surface area contributed by atoms with Gasteiger partial charge in [0.15, 0.2) is 0 Å². The molecule has 4 heteroatoms. The van der Waals surface area contributed by atoms with Gasteiger partial charge < -0.3 is 15.6 Å². The van der Waals surface area contributed by atoms with E-state index < -0.39 is 6.10 Å². The average molecular weight is 168 g/mol. The van der Waals surface area contributed by atoms with Gasteiger partial charge in [-0.2, -0.15) is 0 Å². The molecule has 4 nitrogen and oxygen atoms in total. The second kappa shape index (κ2) is 4.04. The Morgan fingerprint density at radius 1 is 1.67 bits per heavy atom. The van der Waals surface area contributed by atoms with Gasteiger partial charge in [0.25, 0.3) is 0 Å². The van der Waals surface area contributed by atoms with Gasteiger partial charge in [-0.3, -0.25) is 0 Å². The van der Waals surface area contributed by atoms with Crippen molar-refractivity contribution in [3.8, 4) is 5.88 Å². The van der Waals surface area contributed by atoms with Crippen molar-refractivity contribution < 1.29 is 9.84 Å². The maximum Gasteiger partial charge on any atom is 0.212 e. The lowest BCUT2D eigenvalue weighted by atomic mass is 10.2. The molecule has 0 unspecified atom stereocenters. The first-order valence-corrected chi connectivity index (χ1v) is 3.66. The van der Waals surface area contributed by atoms with Crippen LogP contribution in [0.3, 0.4) is 0 Å². The highest BCUT2D eigenvalue weighted by atomic mass is 16.5. The van der Waals surface area contributed by atoms with Crippen LogP contribution in [0, 0.1) is 0 Å². The Morgan fingerprint density at radius 2 is 2.42 bits per heavy atom. The van der Waals surface area contributed by atoms with Crippen LogP contribution in [-0.2, 0) is 0 Å². The lowest BCUT2D eigenvalue weighted by Gasteiger charge is -2.07. The van der Waals surface area contributed by atoms with Gasteiger partial charge in [-0.1, -0.05) is 0 Å². The van der Waals surface area contributed by atoms with Gasteiger partial charge >= 0.3 is 0 Å². The predicted octanol–water partition coefficient (Wildman–Crippen LogP) is 0.0823. The zero-order chi connectivity index (χ0) is 8.97. The summed E-state index contributed by atoms with van der Waals surface area (Å²) in [5, 5.41) is 9.29. The summed E-state index contributed by atoms with van der Waals surface area (Å²) in [4.78, 5) is 3.93. The third-order valence-corrected chi connectivity index (χ3v) is 1.58. The van der Waals surface area contributed by atoms with Gasteiger partial charge in [-0.15, -0.1) is 0 Å². The molecular formula is C8H12N2O2. The number of nitrogens with zero attached hydrogens (tertiary/aromatic N) is 1. The fraction of sp³-hybridized carbons (Fsp3) is 0.375. The summed E-state index contributed by atoms with van der Waals surface area (Å²) in [5.74, 6) is 0.531. The second-order valence-corrected chi connectivity index (χ2v) is 2.39. The van der Waals surface area contributed by atoms with Crippen molar-refractivity contribution in [2.45, 2.75) is 6.10 Å². The highest BCUT2D eigenvalue weighted by molar-refractivity contribution is 5.19. The Labute approximate surface area is 71.0 Å². The first-order chi connectivity index (χ1) is 5.77. The number of aliphatic hydroxyl groups is 1. The summed E-state index contributed by atoms with van der Waals surface area (Å²) >= 11 is 0. The van der Waals surface area contributed by atoms with Crippen molar-refractivity contribution in [3.63, 3.8) is 0 Å². The third-order valence-electron chi connectivity index (χ3n) is 1.58. The molecule has 0 radical (unpaired) electrons. The van der Waals surface area contributed by atoms with Crippen molar-refractivity contribution in [3.05, 3.63) is 23.9 Å². The Morgan fingerprint density at radius 3 is 2.83 bits per heavy atom. The number of nitrogens with two attached hydrogens (primary N) is 1. The van der Waals surface area contributed by atoms with Gasteiger partial charge in [-0.25, -0.2) is 4.98 Å². The van der Waals surface area contributed by atoms with Gasteiger partial charge in [0.2, 0.25) is 5.88 Å². The number of hydrogen-bond acceptors (Lipinski definition) is 4. The van der Waals surface area contributed by atoms with Crippen molar-refractivity contribution in [1.82, 2.24) is 4.98 Å². The van der Waals surface area contributed by atoms with Crippen LogP contribution < -0.4 is 10.5 Å². The van der Waals surface area contributed by atoms with E-state index in [2.05, 4.69) is 4.98 Å². The molecule has 12 heavy (non-hydrogen) atoms. The van der Waals surface area contributed by atoms with Crippen molar-refractivity contribution in [2.24, 2.45) is 5.73 Å². The number of pyridine rings is 1. The minimum Gasteiger partial charge on any atom is -0.481 e. The fourth-order valence-electron chi connectivity index (χ4n) is 0.846. The Hall–Kier alpha value is -1.13. The molecular weight excluding hydrogens is 156 g/mol. The van der Waals surface area contributed by atoms with Crippen LogP contribution in [0.1, 0.15) is 11.7 Å². The van der Waals surface area contributed by atoms with Crippen LogP contribution in [0.25, 0.3) is 0 Å². The maximum absolute atomic E-state index is 9.29. The molecule has 0 aliphatic rings. The molecule has 0 aliphatic carbocycles. The number of aromatic nitrogens is 1.